The van der Waals surface area contributed by atoms with Crippen molar-refractivity contribution in [2.75, 3.05) is 33.3 Å². The van der Waals surface area contributed by atoms with Crippen LogP contribution >= 0.6 is 12.4 Å². The average Bonchev–Trinajstić information content (AvgIpc) is 3.16. The predicted molar refractivity (Wildman–Crippen MR) is 111 cm³/mol. The molecule has 2 aliphatic heterocycles. The van der Waals surface area contributed by atoms with Crippen molar-refractivity contribution in [3.05, 3.63) is 35.5 Å². The van der Waals surface area contributed by atoms with Gasteiger partial charge >= 0.3 is 5.97 Å². The number of aromatic amines is 1. The van der Waals surface area contributed by atoms with Crippen molar-refractivity contribution in [1.29, 1.82) is 0 Å². The summed E-state index contributed by atoms with van der Waals surface area (Å²) < 4.78 is 4.87. The highest BCUT2D eigenvalue weighted by Crippen LogP contribution is 2.32. The summed E-state index contributed by atoms with van der Waals surface area (Å²) >= 11 is 0. The number of carbonyl (C=O) groups excluding carboxylic acids is 2. The van der Waals surface area contributed by atoms with Gasteiger partial charge < -0.3 is 19.9 Å². The number of nitrogens with zero attached hydrogens (tertiary/aromatic N) is 1. The van der Waals surface area contributed by atoms with Crippen molar-refractivity contribution >= 4 is 35.2 Å². The monoisotopic (exact) mass is 405 g/mol. The van der Waals surface area contributed by atoms with Gasteiger partial charge in [0.05, 0.1) is 13.0 Å². The second-order valence-electron chi connectivity index (χ2n) is 7.64. The molecule has 2 aliphatic rings. The van der Waals surface area contributed by atoms with E-state index in [0.717, 1.165) is 49.7 Å². The molecule has 28 heavy (non-hydrogen) atoms. The summed E-state index contributed by atoms with van der Waals surface area (Å²) in [6, 6.07) is 5.90. The van der Waals surface area contributed by atoms with Crippen LogP contribution in [0.4, 0.5) is 0 Å². The number of methoxy groups -OCH3 is 1. The number of likely N-dealkylation sites (tertiary alicyclic amines) is 1. The third-order valence-corrected chi connectivity index (χ3v) is 5.98. The fraction of sp³-hybridized carbons (Fsp3) is 0.524. The highest BCUT2D eigenvalue weighted by molar-refractivity contribution is 5.99. The molecule has 2 aromatic rings. The van der Waals surface area contributed by atoms with E-state index in [4.69, 9.17) is 4.74 Å². The van der Waals surface area contributed by atoms with Gasteiger partial charge in [0.15, 0.2) is 0 Å². The predicted octanol–water partition coefficient (Wildman–Crippen LogP) is 3.08. The van der Waals surface area contributed by atoms with Crippen LogP contribution in [0, 0.1) is 5.92 Å². The number of piperidine rings is 2. The van der Waals surface area contributed by atoms with Gasteiger partial charge in [-0.05, 0) is 68.5 Å². The number of rotatable bonds is 3. The van der Waals surface area contributed by atoms with Crippen molar-refractivity contribution in [3.8, 4) is 0 Å². The van der Waals surface area contributed by atoms with Gasteiger partial charge in [-0.3, -0.25) is 9.59 Å². The number of nitrogens with one attached hydrogen (secondary N) is 2. The third-order valence-electron chi connectivity index (χ3n) is 5.98. The molecule has 4 rings (SSSR count). The number of carbonyl (C=O) groups is 2. The number of aromatic nitrogens is 1. The Kier molecular flexibility index (Phi) is 6.62. The molecular weight excluding hydrogens is 378 g/mol. The van der Waals surface area contributed by atoms with Crippen LogP contribution in [0.15, 0.2) is 24.4 Å². The van der Waals surface area contributed by atoms with E-state index >= 15 is 0 Å². The van der Waals surface area contributed by atoms with E-state index in [2.05, 4.69) is 16.5 Å². The zero-order valence-corrected chi connectivity index (χ0v) is 17.0. The van der Waals surface area contributed by atoms with Gasteiger partial charge in [-0.1, -0.05) is 0 Å². The number of amides is 1. The zero-order valence-electron chi connectivity index (χ0n) is 16.2. The number of fused-ring (bicyclic) bond motifs is 1. The van der Waals surface area contributed by atoms with Gasteiger partial charge in [-0.2, -0.15) is 0 Å². The van der Waals surface area contributed by atoms with Crippen LogP contribution in [0.1, 0.15) is 47.5 Å². The van der Waals surface area contributed by atoms with Crippen LogP contribution in [0.2, 0.25) is 0 Å². The van der Waals surface area contributed by atoms with Crippen molar-refractivity contribution in [2.45, 2.75) is 31.6 Å². The largest absolute Gasteiger partial charge is 0.469 e. The highest BCUT2D eigenvalue weighted by Gasteiger charge is 2.30. The van der Waals surface area contributed by atoms with Gasteiger partial charge in [0.1, 0.15) is 0 Å². The Balaban J connectivity index is 0.00000225. The Morgan fingerprint density at radius 3 is 2.71 bits per heavy atom. The van der Waals surface area contributed by atoms with E-state index < -0.39 is 0 Å². The first-order valence-electron chi connectivity index (χ1n) is 9.86. The van der Waals surface area contributed by atoms with Crippen molar-refractivity contribution in [2.24, 2.45) is 5.92 Å². The minimum absolute atomic E-state index is 0. The molecule has 2 saturated heterocycles. The maximum atomic E-state index is 13.1. The van der Waals surface area contributed by atoms with Gasteiger partial charge in [0.25, 0.3) is 5.91 Å². The van der Waals surface area contributed by atoms with E-state index in [1.807, 2.05) is 18.2 Å². The minimum atomic E-state index is -0.221. The lowest BCUT2D eigenvalue weighted by molar-refractivity contribution is -0.146. The lowest BCUT2D eigenvalue weighted by atomic mass is 9.89. The Morgan fingerprint density at radius 1 is 1.18 bits per heavy atom. The zero-order chi connectivity index (χ0) is 18.8. The quantitative estimate of drug-likeness (QED) is 0.769. The Bertz CT molecular complexity index is 845. The summed E-state index contributed by atoms with van der Waals surface area (Å²) in [4.78, 5) is 30.1. The molecule has 2 N–H and O–H groups in total. The van der Waals surface area contributed by atoms with Crippen LogP contribution < -0.4 is 5.32 Å². The molecule has 1 aromatic carbocycles. The average molecular weight is 406 g/mol. The molecule has 3 heterocycles. The highest BCUT2D eigenvalue weighted by atomic mass is 35.5. The first-order chi connectivity index (χ1) is 13.2. The first-order valence-corrected chi connectivity index (χ1v) is 9.86. The summed E-state index contributed by atoms with van der Waals surface area (Å²) in [6.45, 7) is 3.22. The molecule has 0 saturated carbocycles. The molecule has 1 aromatic heterocycles. The number of hydrogen-bond acceptors (Lipinski definition) is 4. The summed E-state index contributed by atoms with van der Waals surface area (Å²) in [6.07, 6.45) is 5.96. The molecule has 7 heteroatoms. The summed E-state index contributed by atoms with van der Waals surface area (Å²) in [5, 5.41) is 4.55. The Hall–Kier alpha value is -2.05. The molecule has 0 unspecified atom stereocenters. The van der Waals surface area contributed by atoms with Crippen molar-refractivity contribution in [3.63, 3.8) is 0 Å². The second kappa shape index (κ2) is 8.97. The van der Waals surface area contributed by atoms with Crippen LogP contribution in [-0.2, 0) is 9.53 Å². The number of halogens is 1. The summed E-state index contributed by atoms with van der Waals surface area (Å²) in [7, 11) is 1.41. The standard InChI is InChI=1S/C21H27N3O3.ClH/c1-27-21(26)16-3-2-10-24(13-16)20(25)15-4-5-19-17(11-15)18(12-23-19)14-6-8-22-9-7-14;/h4-5,11-12,14,16,22-23H,2-3,6-10,13H2,1H3;1H/t16-;/m1./s1. The van der Waals surface area contributed by atoms with Gasteiger partial charge in [-0.15, -0.1) is 12.4 Å². The maximum absolute atomic E-state index is 13.1. The maximum Gasteiger partial charge on any atom is 0.310 e. The SMILES string of the molecule is COC(=O)[C@@H]1CCCN(C(=O)c2ccc3[nH]cc(C4CCNCC4)c3c2)C1.Cl. The second-order valence-corrected chi connectivity index (χ2v) is 7.64. The fourth-order valence-electron chi connectivity index (χ4n) is 4.45. The van der Waals surface area contributed by atoms with E-state index in [1.165, 1.54) is 12.7 Å². The molecular formula is C21H28ClN3O3. The number of hydrogen-bond donors (Lipinski definition) is 2. The lowest BCUT2D eigenvalue weighted by Crippen LogP contribution is -2.42. The number of benzene rings is 1. The molecule has 0 aliphatic carbocycles. The van der Waals surface area contributed by atoms with E-state index in [0.29, 0.717) is 24.6 Å². The van der Waals surface area contributed by atoms with Gasteiger partial charge in [-0.25, -0.2) is 0 Å². The molecule has 152 valence electrons. The molecule has 0 spiro atoms. The van der Waals surface area contributed by atoms with E-state index in [1.54, 1.807) is 4.90 Å². The molecule has 0 radical (unpaired) electrons. The van der Waals surface area contributed by atoms with Crippen LogP contribution in [0.3, 0.4) is 0 Å². The summed E-state index contributed by atoms with van der Waals surface area (Å²) in [5.74, 6) is 0.0998. The Labute approximate surface area is 171 Å². The first kappa shape index (κ1) is 20.7. The van der Waals surface area contributed by atoms with Crippen molar-refractivity contribution < 1.29 is 14.3 Å². The summed E-state index contributed by atoms with van der Waals surface area (Å²) in [5.41, 5.74) is 3.08. The van der Waals surface area contributed by atoms with Gasteiger partial charge in [0.2, 0.25) is 0 Å². The molecule has 1 amide bonds. The number of ether oxygens (including phenoxy) is 1. The smallest absolute Gasteiger partial charge is 0.310 e. The van der Waals surface area contributed by atoms with Crippen molar-refractivity contribution in [1.82, 2.24) is 15.2 Å². The number of H-pyrrole nitrogens is 1. The minimum Gasteiger partial charge on any atom is -0.469 e. The van der Waals surface area contributed by atoms with E-state index in [-0.39, 0.29) is 30.2 Å². The topological polar surface area (TPSA) is 74.4 Å². The fourth-order valence-corrected chi connectivity index (χ4v) is 4.45. The van der Waals surface area contributed by atoms with Crippen LogP contribution in [0.5, 0.6) is 0 Å². The normalized spacial score (nSPS) is 20.6. The molecule has 0 bridgehead atoms. The Morgan fingerprint density at radius 2 is 1.96 bits per heavy atom. The van der Waals surface area contributed by atoms with Crippen LogP contribution in [-0.4, -0.2) is 55.0 Å². The molecule has 1 atom stereocenters. The van der Waals surface area contributed by atoms with Gasteiger partial charge in [0, 0.05) is 35.8 Å². The molecule has 2 fully saturated rings. The van der Waals surface area contributed by atoms with Crippen LogP contribution in [0.25, 0.3) is 10.9 Å². The van der Waals surface area contributed by atoms with E-state index in [9.17, 15) is 9.59 Å². The number of esters is 1. The molecule has 6 nitrogen and oxygen atoms in total. The third kappa shape index (κ3) is 4.03. The lowest BCUT2D eigenvalue weighted by Gasteiger charge is -2.31.